The topological polar surface area (TPSA) is 272 Å². The first-order chi connectivity index (χ1) is 31.9. The average Bonchev–Trinajstić information content (AvgIpc) is 4.03. The molecule has 0 radical (unpaired) electrons. The largest absolute Gasteiger partial charge is 0.508 e. The molecule has 67 heavy (non-hydrogen) atoms. The van der Waals surface area contributed by atoms with Crippen LogP contribution in [0.2, 0.25) is 10.0 Å². The molecular weight excluding hydrogens is 939 g/mol. The van der Waals surface area contributed by atoms with Crippen LogP contribution in [0.25, 0.3) is 0 Å². The number of phenols is 1. The number of aliphatic hydroxyl groups excluding tert-OH is 8. The highest BCUT2D eigenvalue weighted by molar-refractivity contribution is 7.86. The number of ether oxygens (including phenoxy) is 5. The van der Waals surface area contributed by atoms with E-state index >= 15 is 0 Å². The molecule has 0 bridgehead atoms. The minimum absolute atomic E-state index is 0.0931. The van der Waals surface area contributed by atoms with Crippen molar-refractivity contribution in [3.8, 4) is 11.5 Å². The Bertz CT molecular complexity index is 2270. The van der Waals surface area contributed by atoms with E-state index < -0.39 is 84.4 Å². The number of halogens is 2. The van der Waals surface area contributed by atoms with E-state index in [4.69, 9.17) is 46.9 Å². The van der Waals surface area contributed by atoms with Crippen molar-refractivity contribution in [2.24, 2.45) is 0 Å². The lowest BCUT2D eigenvalue weighted by Crippen LogP contribution is -2.55. The highest BCUT2D eigenvalue weighted by Gasteiger charge is 2.45. The summed E-state index contributed by atoms with van der Waals surface area (Å²) in [5, 5.41) is 89.9. The molecule has 0 amide bonds. The van der Waals surface area contributed by atoms with Crippen LogP contribution in [-0.4, -0.2) is 161 Å². The van der Waals surface area contributed by atoms with Crippen molar-refractivity contribution < 1.29 is 82.2 Å². The molecule has 0 aromatic heterocycles. The molecule has 9 N–H and O–H groups in total. The second-order valence-electron chi connectivity index (χ2n) is 16.8. The van der Waals surface area contributed by atoms with Gasteiger partial charge in [-0.05, 0) is 82.6 Å². The van der Waals surface area contributed by atoms with Crippen molar-refractivity contribution in [1.29, 1.82) is 0 Å². The number of aliphatic hydroxyl groups is 8. The summed E-state index contributed by atoms with van der Waals surface area (Å²) in [7, 11) is -3.29. The maximum atomic E-state index is 10.5. The first-order valence-corrected chi connectivity index (χ1v) is 24.3. The van der Waals surface area contributed by atoms with Gasteiger partial charge in [0, 0.05) is 29.5 Å². The quantitative estimate of drug-likeness (QED) is 0.0923. The normalized spacial score (nSPS) is 29.6. The molecule has 4 aliphatic heterocycles. The molecule has 8 rings (SSSR count). The van der Waals surface area contributed by atoms with Crippen LogP contribution in [0.3, 0.4) is 0 Å². The van der Waals surface area contributed by atoms with E-state index in [0.29, 0.717) is 60.3 Å². The van der Waals surface area contributed by atoms with E-state index in [2.05, 4.69) is 4.18 Å². The summed E-state index contributed by atoms with van der Waals surface area (Å²) in [5.41, 5.74) is 4.77. The van der Waals surface area contributed by atoms with Gasteiger partial charge < -0.3 is 69.6 Å². The van der Waals surface area contributed by atoms with Gasteiger partial charge in [-0.1, -0.05) is 71.7 Å². The van der Waals surface area contributed by atoms with Crippen LogP contribution < -0.4 is 4.74 Å². The van der Waals surface area contributed by atoms with Gasteiger partial charge in [-0.25, -0.2) is 0 Å². The van der Waals surface area contributed by atoms with Gasteiger partial charge in [-0.3, -0.25) is 4.18 Å². The molecule has 0 spiro atoms. The summed E-state index contributed by atoms with van der Waals surface area (Å²) in [6.45, 7) is 1.39. The SMILES string of the molecule is CS(=O)(=O)O[C@@H]1CCOC1.OC[C@H]1O[C@@H](c2ccc(Cl)c(Cc3ccc(O)cc3)c2)[C@H](O)[C@@H](O)[C@@H]1O.OC[C@H]1O[C@@H](c2ccc(Cl)c(Cc3ccc(O[C@H]4CCOC4)cc3)c2)[C@H](O)[C@@H](O)[C@@H]1O. The minimum Gasteiger partial charge on any atom is -0.508 e. The molecule has 17 nitrogen and oxygen atoms in total. The van der Waals surface area contributed by atoms with Gasteiger partial charge in [-0.15, -0.1) is 0 Å². The van der Waals surface area contributed by atoms with Crippen molar-refractivity contribution >= 4 is 33.3 Å². The highest BCUT2D eigenvalue weighted by atomic mass is 35.5. The standard InChI is InChI=1S/C23H27ClO7.C19H21ClO6.C5H10O4S/c24-18-6-3-14(23-22(28)21(27)20(26)19(11-25)31-23)10-15(18)9-13-1-4-16(5-2-13)30-17-7-8-29-12-17;20-14-6-3-11(8-12(14)7-10-1-4-13(22)5-2-10)19-18(25)17(24)16(23)15(9-21)26-19;1-10(6,7)9-5-2-3-8-4-5/h1-6,10,17,19-23,25-28H,7-9,11-12H2;1-6,8,15-19,21-25H,7,9H2;5H,2-4H2,1H3/t17-,19+,20+,21-,22+,23-;15-,16-,17+,18-,19+;5-/m011/s1. The molecule has 0 saturated carbocycles. The molecule has 4 heterocycles. The third kappa shape index (κ3) is 14.5. The molecule has 4 aliphatic rings. The van der Waals surface area contributed by atoms with Gasteiger partial charge in [0.05, 0.1) is 39.3 Å². The number of rotatable bonds is 12. The molecule has 12 atom stereocenters. The Kier molecular flexibility index (Phi) is 19.2. The number of aromatic hydroxyl groups is 1. The number of hydrogen-bond donors (Lipinski definition) is 9. The summed E-state index contributed by atoms with van der Waals surface area (Å²) < 4.78 is 53.1. The van der Waals surface area contributed by atoms with Gasteiger partial charge in [-0.2, -0.15) is 8.42 Å². The van der Waals surface area contributed by atoms with E-state index in [0.717, 1.165) is 47.3 Å². The summed E-state index contributed by atoms with van der Waals surface area (Å²) in [4.78, 5) is 0. The lowest BCUT2D eigenvalue weighted by atomic mass is 9.90. The predicted octanol–water partition coefficient (Wildman–Crippen LogP) is 2.52. The summed E-state index contributed by atoms with van der Waals surface area (Å²) >= 11 is 12.7. The van der Waals surface area contributed by atoms with E-state index in [-0.39, 0.29) is 18.0 Å². The van der Waals surface area contributed by atoms with Crippen molar-refractivity contribution in [2.45, 2.75) is 98.9 Å². The first-order valence-electron chi connectivity index (χ1n) is 21.7. The maximum Gasteiger partial charge on any atom is 0.264 e. The zero-order chi connectivity index (χ0) is 48.4. The Morgan fingerprint density at radius 1 is 0.597 bits per heavy atom. The van der Waals surface area contributed by atoms with Gasteiger partial charge in [0.1, 0.15) is 84.7 Å². The Morgan fingerprint density at radius 3 is 1.43 bits per heavy atom. The van der Waals surface area contributed by atoms with Crippen molar-refractivity contribution in [1.82, 2.24) is 0 Å². The molecule has 4 aromatic carbocycles. The van der Waals surface area contributed by atoms with Crippen molar-refractivity contribution in [3.63, 3.8) is 0 Å². The van der Waals surface area contributed by atoms with Gasteiger partial charge in [0.2, 0.25) is 0 Å². The Balaban J connectivity index is 0.000000185. The monoisotopic (exact) mass is 996 g/mol. The fourth-order valence-electron chi connectivity index (χ4n) is 7.94. The van der Waals surface area contributed by atoms with Gasteiger partial charge >= 0.3 is 0 Å². The molecule has 20 heteroatoms. The zero-order valence-corrected chi connectivity index (χ0v) is 38.9. The van der Waals surface area contributed by atoms with E-state index in [1.54, 1.807) is 54.6 Å². The molecule has 368 valence electrons. The smallest absolute Gasteiger partial charge is 0.264 e. The summed E-state index contributed by atoms with van der Waals surface area (Å²) in [5.74, 6) is 0.968. The van der Waals surface area contributed by atoms with Crippen LogP contribution >= 0.6 is 23.2 Å². The van der Waals surface area contributed by atoms with Crippen LogP contribution in [0.1, 0.15) is 58.4 Å². The van der Waals surface area contributed by atoms with E-state index in [1.165, 1.54) is 0 Å². The summed E-state index contributed by atoms with van der Waals surface area (Å²) in [6.07, 6.45) is -8.51. The van der Waals surface area contributed by atoms with Crippen molar-refractivity contribution in [3.05, 3.63) is 128 Å². The predicted molar refractivity (Wildman–Crippen MR) is 244 cm³/mol. The zero-order valence-electron chi connectivity index (χ0n) is 36.5. The maximum absolute atomic E-state index is 10.5. The molecular formula is C47H58Cl2O17S. The van der Waals surface area contributed by atoms with Crippen LogP contribution in [0, 0.1) is 0 Å². The lowest BCUT2D eigenvalue weighted by molar-refractivity contribution is -0.231. The first kappa shape index (κ1) is 52.9. The van der Waals surface area contributed by atoms with Crippen molar-refractivity contribution in [2.75, 3.05) is 45.9 Å². The molecule has 0 aliphatic carbocycles. The van der Waals surface area contributed by atoms with E-state index in [1.807, 2.05) is 30.3 Å². The second kappa shape index (κ2) is 24.4. The van der Waals surface area contributed by atoms with E-state index in [9.17, 15) is 54.4 Å². The fourth-order valence-corrected chi connectivity index (χ4v) is 8.96. The average molecular weight is 998 g/mol. The number of hydrogen-bond acceptors (Lipinski definition) is 17. The number of benzene rings is 4. The fraction of sp³-hybridized carbons (Fsp3) is 0.489. The Morgan fingerprint density at radius 2 is 1.03 bits per heavy atom. The van der Waals surface area contributed by atoms with Gasteiger partial charge in [0.25, 0.3) is 10.1 Å². The number of phenolic OH excluding ortho intramolecular Hbond substituents is 1. The van der Waals surface area contributed by atoms with Crippen LogP contribution in [0.15, 0.2) is 84.9 Å². The van der Waals surface area contributed by atoms with Crippen LogP contribution in [0.5, 0.6) is 11.5 Å². The Hall–Kier alpha value is -3.51. The van der Waals surface area contributed by atoms with Gasteiger partial charge in [0.15, 0.2) is 0 Å². The van der Waals surface area contributed by atoms with Crippen LogP contribution in [0.4, 0.5) is 0 Å². The third-order valence-electron chi connectivity index (χ3n) is 11.6. The second-order valence-corrected chi connectivity index (χ2v) is 19.2. The van der Waals surface area contributed by atoms with Crippen LogP contribution in [-0.2, 0) is 46.1 Å². The lowest BCUT2D eigenvalue weighted by Gasteiger charge is -2.40. The highest BCUT2D eigenvalue weighted by Crippen LogP contribution is 2.36. The Labute approximate surface area is 398 Å². The third-order valence-corrected chi connectivity index (χ3v) is 13.0. The minimum atomic E-state index is -3.29. The summed E-state index contributed by atoms with van der Waals surface area (Å²) in [6, 6.07) is 24.9. The molecule has 0 unspecified atom stereocenters. The molecule has 4 aromatic rings. The molecule has 4 fully saturated rings. The molecule has 4 saturated heterocycles.